The molecule has 7 nitrogen and oxygen atoms in total. The number of halogens is 3. The number of hydrogen-bond donors (Lipinski definition) is 1. The molecule has 3 aromatic rings. The summed E-state index contributed by atoms with van der Waals surface area (Å²) < 4.78 is 63.1. The van der Waals surface area contributed by atoms with Crippen LogP contribution >= 0.6 is 0 Å². The lowest BCUT2D eigenvalue weighted by molar-refractivity contribution is -0.137. The first-order valence-corrected chi connectivity index (χ1v) is 8.75. The lowest BCUT2D eigenvalue weighted by Crippen LogP contribution is -2.06. The summed E-state index contributed by atoms with van der Waals surface area (Å²) in [5.41, 5.74) is 5.51. The number of aromatic nitrogens is 4. The van der Waals surface area contributed by atoms with E-state index in [0.717, 1.165) is 18.4 Å². The van der Waals surface area contributed by atoms with E-state index in [1.807, 2.05) is 0 Å². The standard InChI is InChI=1S/C14H12F3N5O2S/c1-22-11(18)9-10(7-3-5-8(6-4-7)14(15,16)17)19-13(25(2,23)24)20-12(9)21-22/h3-6H,18H2,1-2H3. The Hall–Kier alpha value is -2.69. The van der Waals surface area contributed by atoms with Crippen molar-refractivity contribution in [1.29, 1.82) is 0 Å². The Labute approximate surface area is 140 Å². The number of nitrogen functional groups attached to an aromatic ring is 1. The van der Waals surface area contributed by atoms with E-state index in [9.17, 15) is 21.6 Å². The number of alkyl halides is 3. The van der Waals surface area contributed by atoms with Gasteiger partial charge in [-0.1, -0.05) is 12.1 Å². The van der Waals surface area contributed by atoms with Crippen molar-refractivity contribution in [3.8, 4) is 11.3 Å². The highest BCUT2D eigenvalue weighted by molar-refractivity contribution is 7.90. The minimum Gasteiger partial charge on any atom is -0.383 e. The number of nitrogens with two attached hydrogens (primary N) is 1. The topological polar surface area (TPSA) is 104 Å². The van der Waals surface area contributed by atoms with Gasteiger partial charge < -0.3 is 5.73 Å². The number of hydrogen-bond acceptors (Lipinski definition) is 6. The first-order chi connectivity index (χ1) is 11.5. The predicted molar refractivity (Wildman–Crippen MR) is 84.3 cm³/mol. The monoisotopic (exact) mass is 371 g/mol. The van der Waals surface area contributed by atoms with Crippen LogP contribution in [0.2, 0.25) is 0 Å². The number of rotatable bonds is 2. The summed E-state index contributed by atoms with van der Waals surface area (Å²) in [6, 6.07) is 4.16. The summed E-state index contributed by atoms with van der Waals surface area (Å²) >= 11 is 0. The molecular formula is C14H12F3N5O2S. The smallest absolute Gasteiger partial charge is 0.383 e. The van der Waals surface area contributed by atoms with Gasteiger partial charge in [0, 0.05) is 18.9 Å². The number of sulfone groups is 1. The van der Waals surface area contributed by atoms with E-state index < -0.39 is 26.7 Å². The molecule has 0 fully saturated rings. The SMILES string of the molecule is Cn1nc2nc(S(C)(=O)=O)nc(-c3ccc(C(F)(F)F)cc3)c2c1N. The molecule has 2 N–H and O–H groups in total. The Morgan fingerprint density at radius 3 is 2.24 bits per heavy atom. The van der Waals surface area contributed by atoms with Crippen LogP contribution in [0.15, 0.2) is 29.4 Å². The molecule has 11 heteroatoms. The molecule has 2 aromatic heterocycles. The molecule has 0 unspecified atom stereocenters. The van der Waals surface area contributed by atoms with Crippen molar-refractivity contribution in [3.63, 3.8) is 0 Å². The Morgan fingerprint density at radius 2 is 1.72 bits per heavy atom. The number of nitrogens with zero attached hydrogens (tertiary/aromatic N) is 4. The van der Waals surface area contributed by atoms with Gasteiger partial charge in [0.1, 0.15) is 5.82 Å². The molecule has 0 aliphatic heterocycles. The van der Waals surface area contributed by atoms with E-state index in [1.165, 1.54) is 23.9 Å². The summed E-state index contributed by atoms with van der Waals surface area (Å²) in [7, 11) is -2.22. The second kappa shape index (κ2) is 5.41. The van der Waals surface area contributed by atoms with Gasteiger partial charge in [0.25, 0.3) is 0 Å². The van der Waals surface area contributed by atoms with E-state index in [0.29, 0.717) is 0 Å². The van der Waals surface area contributed by atoms with Crippen LogP contribution in [0.25, 0.3) is 22.3 Å². The minimum atomic E-state index is -4.48. The van der Waals surface area contributed by atoms with E-state index >= 15 is 0 Å². The first kappa shape index (κ1) is 17.1. The van der Waals surface area contributed by atoms with E-state index in [4.69, 9.17) is 5.73 Å². The quantitative estimate of drug-likeness (QED) is 0.692. The predicted octanol–water partition coefficient (Wildman–Crippen LogP) is 2.03. The zero-order chi connectivity index (χ0) is 18.6. The maximum Gasteiger partial charge on any atom is 0.416 e. The highest BCUT2D eigenvalue weighted by Gasteiger charge is 2.30. The molecule has 0 bridgehead atoms. The molecule has 1 aromatic carbocycles. The molecule has 2 heterocycles. The molecule has 0 atom stereocenters. The van der Waals surface area contributed by atoms with Gasteiger partial charge in [0.15, 0.2) is 5.65 Å². The Bertz CT molecular complexity index is 1070. The van der Waals surface area contributed by atoms with Crippen molar-refractivity contribution in [3.05, 3.63) is 29.8 Å². The van der Waals surface area contributed by atoms with Crippen molar-refractivity contribution >= 4 is 26.7 Å². The second-order valence-electron chi connectivity index (χ2n) is 5.41. The molecule has 0 aliphatic carbocycles. The van der Waals surface area contributed by atoms with Crippen LogP contribution in [0, 0.1) is 0 Å². The summed E-state index contributed by atoms with van der Waals surface area (Å²) in [4.78, 5) is 7.87. The van der Waals surface area contributed by atoms with E-state index in [1.54, 1.807) is 0 Å². The van der Waals surface area contributed by atoms with Crippen molar-refractivity contribution < 1.29 is 21.6 Å². The molecular weight excluding hydrogens is 359 g/mol. The van der Waals surface area contributed by atoms with Crippen molar-refractivity contribution in [1.82, 2.24) is 19.7 Å². The summed E-state index contributed by atoms with van der Waals surface area (Å²) in [6.45, 7) is 0. The largest absolute Gasteiger partial charge is 0.416 e. The highest BCUT2D eigenvalue weighted by atomic mass is 32.2. The second-order valence-corrected chi connectivity index (χ2v) is 7.32. The molecule has 0 aliphatic rings. The minimum absolute atomic E-state index is 0.0466. The Kier molecular flexibility index (Phi) is 3.71. The zero-order valence-electron chi connectivity index (χ0n) is 13.0. The fraction of sp³-hybridized carbons (Fsp3) is 0.214. The van der Waals surface area contributed by atoms with E-state index in [-0.39, 0.29) is 28.1 Å². The van der Waals surface area contributed by atoms with Crippen molar-refractivity contribution in [2.45, 2.75) is 11.3 Å². The summed E-state index contributed by atoms with van der Waals surface area (Å²) in [5.74, 6) is 0.171. The average Bonchev–Trinajstić information content (AvgIpc) is 2.80. The molecule has 25 heavy (non-hydrogen) atoms. The Balaban J connectivity index is 2.30. The normalized spacial score (nSPS) is 12.7. The molecule has 3 rings (SSSR count). The van der Waals surface area contributed by atoms with Crippen LogP contribution in [0.1, 0.15) is 5.56 Å². The van der Waals surface area contributed by atoms with Crippen LogP contribution in [0.4, 0.5) is 19.0 Å². The molecule has 0 saturated heterocycles. The highest BCUT2D eigenvalue weighted by Crippen LogP contribution is 2.34. The fourth-order valence-corrected chi connectivity index (χ4v) is 2.80. The van der Waals surface area contributed by atoms with Crippen LogP contribution in [-0.2, 0) is 23.1 Å². The third kappa shape index (κ3) is 3.02. The number of anilines is 1. The van der Waals surface area contributed by atoms with Crippen LogP contribution in [-0.4, -0.2) is 34.4 Å². The van der Waals surface area contributed by atoms with E-state index in [2.05, 4.69) is 15.1 Å². The van der Waals surface area contributed by atoms with Gasteiger partial charge in [-0.2, -0.15) is 23.3 Å². The lowest BCUT2D eigenvalue weighted by atomic mass is 10.1. The number of aryl methyl sites for hydroxylation is 1. The van der Waals surface area contributed by atoms with Gasteiger partial charge in [-0.15, -0.1) is 0 Å². The Morgan fingerprint density at radius 1 is 1.12 bits per heavy atom. The van der Waals surface area contributed by atoms with Crippen LogP contribution < -0.4 is 5.73 Å². The molecule has 0 amide bonds. The molecule has 0 radical (unpaired) electrons. The molecule has 132 valence electrons. The van der Waals surface area contributed by atoms with Gasteiger partial charge in [0.2, 0.25) is 15.0 Å². The van der Waals surface area contributed by atoms with Gasteiger partial charge >= 0.3 is 6.18 Å². The zero-order valence-corrected chi connectivity index (χ0v) is 13.9. The number of fused-ring (bicyclic) bond motifs is 1. The number of benzene rings is 1. The molecule has 0 spiro atoms. The van der Waals surface area contributed by atoms with Crippen LogP contribution in [0.3, 0.4) is 0 Å². The summed E-state index contributed by atoms with van der Waals surface area (Å²) in [6.07, 6.45) is -3.55. The third-order valence-corrected chi connectivity index (χ3v) is 4.38. The fourth-order valence-electron chi connectivity index (χ4n) is 2.29. The third-order valence-electron chi connectivity index (χ3n) is 3.54. The van der Waals surface area contributed by atoms with Crippen molar-refractivity contribution in [2.75, 3.05) is 12.0 Å². The van der Waals surface area contributed by atoms with Gasteiger partial charge in [0.05, 0.1) is 16.6 Å². The summed E-state index contributed by atoms with van der Waals surface area (Å²) in [5, 5.41) is 3.82. The first-order valence-electron chi connectivity index (χ1n) is 6.86. The average molecular weight is 371 g/mol. The maximum atomic E-state index is 12.7. The van der Waals surface area contributed by atoms with Gasteiger partial charge in [-0.25, -0.2) is 13.4 Å². The van der Waals surface area contributed by atoms with Crippen molar-refractivity contribution in [2.24, 2.45) is 7.05 Å². The van der Waals surface area contributed by atoms with Gasteiger partial charge in [-0.3, -0.25) is 4.68 Å². The lowest BCUT2D eigenvalue weighted by Gasteiger charge is -2.09. The van der Waals surface area contributed by atoms with Crippen LogP contribution in [0.5, 0.6) is 0 Å². The maximum absolute atomic E-state index is 12.7. The molecule has 0 saturated carbocycles. The van der Waals surface area contributed by atoms with Gasteiger partial charge in [-0.05, 0) is 12.1 Å².